The fourth-order valence-corrected chi connectivity index (χ4v) is 2.58. The molecule has 2 N–H and O–H groups in total. The van der Waals surface area contributed by atoms with Gasteiger partial charge in [-0.05, 0) is 31.9 Å². The molecule has 1 aliphatic rings. The molecule has 0 bridgehead atoms. The number of amidine groups is 1. The summed E-state index contributed by atoms with van der Waals surface area (Å²) in [5, 5.41) is 14.6. The molecule has 120 valence electrons. The van der Waals surface area contributed by atoms with Crippen molar-refractivity contribution in [3.8, 4) is 0 Å². The predicted molar refractivity (Wildman–Crippen MR) is 84.4 cm³/mol. The zero-order valence-corrected chi connectivity index (χ0v) is 12.8. The molecule has 0 saturated carbocycles. The second kappa shape index (κ2) is 7.74. The third-order valence-electron chi connectivity index (χ3n) is 3.84. The molecule has 7 heteroatoms. The number of nitro benzene ring substituents is 1. The molecule has 22 heavy (non-hydrogen) atoms. The van der Waals surface area contributed by atoms with Crippen molar-refractivity contribution in [1.29, 1.82) is 0 Å². The number of nitro groups is 1. The van der Waals surface area contributed by atoms with Gasteiger partial charge in [0, 0.05) is 18.2 Å². The third-order valence-corrected chi connectivity index (χ3v) is 3.84. The van der Waals surface area contributed by atoms with E-state index in [1.165, 1.54) is 31.4 Å². The molecule has 1 aromatic rings. The van der Waals surface area contributed by atoms with Crippen LogP contribution in [0.4, 0.5) is 5.69 Å². The van der Waals surface area contributed by atoms with Crippen LogP contribution < -0.4 is 5.73 Å². The Morgan fingerprint density at radius 3 is 3.09 bits per heavy atom. The lowest BCUT2D eigenvalue weighted by molar-refractivity contribution is -0.384. The van der Waals surface area contributed by atoms with Crippen LogP contribution in [-0.2, 0) is 11.4 Å². The number of likely N-dealkylation sites (tertiary alicyclic amines) is 1. The minimum absolute atomic E-state index is 0.0418. The molecular weight excluding hydrogens is 284 g/mol. The van der Waals surface area contributed by atoms with Crippen LogP contribution in [0.25, 0.3) is 0 Å². The van der Waals surface area contributed by atoms with E-state index in [9.17, 15) is 10.1 Å². The molecule has 1 heterocycles. The van der Waals surface area contributed by atoms with Gasteiger partial charge in [-0.3, -0.25) is 15.0 Å². The molecular formula is C15H22N4O3. The Bertz CT molecular complexity index is 547. The molecule has 2 rings (SSSR count). The van der Waals surface area contributed by atoms with Crippen molar-refractivity contribution in [1.82, 2.24) is 4.90 Å². The number of piperidine rings is 1. The second-order valence-electron chi connectivity index (χ2n) is 5.60. The average molecular weight is 306 g/mol. The van der Waals surface area contributed by atoms with E-state index in [4.69, 9.17) is 10.6 Å². The van der Waals surface area contributed by atoms with E-state index in [-0.39, 0.29) is 12.3 Å². The molecule has 1 unspecified atom stereocenters. The number of oxime groups is 1. The van der Waals surface area contributed by atoms with Gasteiger partial charge in [0.05, 0.1) is 11.5 Å². The predicted octanol–water partition coefficient (Wildman–Crippen LogP) is 2.26. The number of benzene rings is 1. The largest absolute Gasteiger partial charge is 0.389 e. The van der Waals surface area contributed by atoms with Gasteiger partial charge < -0.3 is 10.6 Å². The molecule has 7 nitrogen and oxygen atoms in total. The zero-order valence-electron chi connectivity index (χ0n) is 12.8. The van der Waals surface area contributed by atoms with Crippen LogP contribution in [0.3, 0.4) is 0 Å². The highest BCUT2D eigenvalue weighted by Gasteiger charge is 2.18. The Balaban J connectivity index is 1.83. The standard InChI is InChI=1S/C15H22N4O3/c1-12-5-2-3-8-18(12)10-15(16)17-22-11-13-6-4-7-14(9-13)19(20)21/h4,6-7,9,12H,2-3,5,8,10-11H2,1H3,(H2,16,17). The van der Waals surface area contributed by atoms with Crippen molar-refractivity contribution in [3.05, 3.63) is 39.9 Å². The minimum atomic E-state index is -0.432. The van der Waals surface area contributed by atoms with Crippen molar-refractivity contribution < 1.29 is 9.76 Å². The lowest BCUT2D eigenvalue weighted by Crippen LogP contribution is -2.42. The van der Waals surface area contributed by atoms with E-state index >= 15 is 0 Å². The topological polar surface area (TPSA) is 94.0 Å². The molecule has 1 aliphatic heterocycles. The van der Waals surface area contributed by atoms with Crippen molar-refractivity contribution in [2.24, 2.45) is 10.9 Å². The first-order chi connectivity index (χ1) is 10.6. The maximum absolute atomic E-state index is 10.7. The first-order valence-corrected chi connectivity index (χ1v) is 7.48. The Morgan fingerprint density at radius 2 is 2.36 bits per heavy atom. The fourth-order valence-electron chi connectivity index (χ4n) is 2.58. The SMILES string of the molecule is CC1CCCCN1CC(N)=NOCc1cccc([N+](=O)[O-])c1. The van der Waals surface area contributed by atoms with Crippen LogP contribution >= 0.6 is 0 Å². The van der Waals surface area contributed by atoms with E-state index < -0.39 is 4.92 Å². The van der Waals surface area contributed by atoms with E-state index in [2.05, 4.69) is 17.0 Å². The molecule has 1 atom stereocenters. The van der Waals surface area contributed by atoms with Crippen LogP contribution in [0.5, 0.6) is 0 Å². The van der Waals surface area contributed by atoms with Crippen LogP contribution in [0.2, 0.25) is 0 Å². The van der Waals surface area contributed by atoms with Crippen LogP contribution in [-0.4, -0.2) is 34.8 Å². The fraction of sp³-hybridized carbons (Fsp3) is 0.533. The first kappa shape index (κ1) is 16.2. The Kier molecular flexibility index (Phi) is 5.71. The average Bonchev–Trinajstić information content (AvgIpc) is 2.50. The molecule has 1 fully saturated rings. The molecule has 0 aromatic heterocycles. The summed E-state index contributed by atoms with van der Waals surface area (Å²) in [5.74, 6) is 0.430. The normalized spacial score (nSPS) is 19.9. The quantitative estimate of drug-likeness (QED) is 0.376. The van der Waals surface area contributed by atoms with Gasteiger partial charge in [0.15, 0.2) is 5.84 Å². The van der Waals surface area contributed by atoms with Gasteiger partial charge in [0.1, 0.15) is 6.61 Å². The summed E-state index contributed by atoms with van der Waals surface area (Å²) in [5.41, 5.74) is 6.62. The first-order valence-electron chi connectivity index (χ1n) is 7.48. The van der Waals surface area contributed by atoms with Crippen molar-refractivity contribution in [2.75, 3.05) is 13.1 Å². The van der Waals surface area contributed by atoms with Crippen LogP contribution in [0, 0.1) is 10.1 Å². The molecule has 0 amide bonds. The van der Waals surface area contributed by atoms with E-state index in [1.807, 2.05) is 0 Å². The second-order valence-corrected chi connectivity index (χ2v) is 5.60. The van der Waals surface area contributed by atoms with Gasteiger partial charge in [0.2, 0.25) is 0 Å². The van der Waals surface area contributed by atoms with Gasteiger partial charge in [-0.25, -0.2) is 0 Å². The van der Waals surface area contributed by atoms with E-state index in [0.29, 0.717) is 24.0 Å². The number of hydrogen-bond acceptors (Lipinski definition) is 5. The lowest BCUT2D eigenvalue weighted by atomic mass is 10.0. The molecule has 0 aliphatic carbocycles. The van der Waals surface area contributed by atoms with E-state index in [1.54, 1.807) is 12.1 Å². The molecule has 0 spiro atoms. The summed E-state index contributed by atoms with van der Waals surface area (Å²) >= 11 is 0. The summed E-state index contributed by atoms with van der Waals surface area (Å²) in [6.07, 6.45) is 3.63. The maximum Gasteiger partial charge on any atom is 0.269 e. The van der Waals surface area contributed by atoms with Gasteiger partial charge in [-0.15, -0.1) is 0 Å². The van der Waals surface area contributed by atoms with Gasteiger partial charge >= 0.3 is 0 Å². The zero-order chi connectivity index (χ0) is 15.9. The van der Waals surface area contributed by atoms with Crippen molar-refractivity contribution in [3.63, 3.8) is 0 Å². The number of nitrogens with two attached hydrogens (primary N) is 1. The van der Waals surface area contributed by atoms with Gasteiger partial charge in [-0.1, -0.05) is 23.7 Å². The van der Waals surface area contributed by atoms with Crippen molar-refractivity contribution in [2.45, 2.75) is 38.8 Å². The molecule has 0 radical (unpaired) electrons. The molecule has 1 aromatic carbocycles. The number of non-ortho nitro benzene ring substituents is 1. The summed E-state index contributed by atoms with van der Waals surface area (Å²) in [4.78, 5) is 17.8. The summed E-state index contributed by atoms with van der Waals surface area (Å²) in [7, 11) is 0. The summed E-state index contributed by atoms with van der Waals surface area (Å²) in [6, 6.07) is 6.81. The van der Waals surface area contributed by atoms with Crippen molar-refractivity contribution >= 4 is 11.5 Å². The van der Waals surface area contributed by atoms with E-state index in [0.717, 1.165) is 6.54 Å². The smallest absolute Gasteiger partial charge is 0.269 e. The summed E-state index contributed by atoms with van der Waals surface area (Å²) < 4.78 is 0. The van der Waals surface area contributed by atoms with Crippen LogP contribution in [0.15, 0.2) is 29.4 Å². The lowest BCUT2D eigenvalue weighted by Gasteiger charge is -2.32. The highest BCUT2D eigenvalue weighted by atomic mass is 16.6. The summed E-state index contributed by atoms with van der Waals surface area (Å²) in [6.45, 7) is 3.98. The Hall–Kier alpha value is -2.15. The van der Waals surface area contributed by atoms with Gasteiger partial charge in [-0.2, -0.15) is 0 Å². The minimum Gasteiger partial charge on any atom is -0.389 e. The third kappa shape index (κ3) is 4.70. The number of rotatable bonds is 6. The highest BCUT2D eigenvalue weighted by molar-refractivity contribution is 5.81. The number of hydrogen-bond donors (Lipinski definition) is 1. The Morgan fingerprint density at radius 1 is 1.55 bits per heavy atom. The molecule has 1 saturated heterocycles. The maximum atomic E-state index is 10.7. The Labute approximate surface area is 129 Å². The van der Waals surface area contributed by atoms with Crippen LogP contribution in [0.1, 0.15) is 31.7 Å². The highest BCUT2D eigenvalue weighted by Crippen LogP contribution is 2.16. The van der Waals surface area contributed by atoms with Gasteiger partial charge in [0.25, 0.3) is 5.69 Å². The number of nitrogens with zero attached hydrogens (tertiary/aromatic N) is 3. The monoisotopic (exact) mass is 306 g/mol.